The Morgan fingerprint density at radius 2 is 1.18 bits per heavy atom. The zero-order valence-electron chi connectivity index (χ0n) is 23.7. The molecule has 10 atom stereocenters. The van der Waals surface area contributed by atoms with Crippen molar-refractivity contribution >= 4 is 23.8 Å². The van der Waals surface area contributed by atoms with Crippen LogP contribution in [0.4, 0.5) is 0 Å². The van der Waals surface area contributed by atoms with Crippen molar-refractivity contribution in [2.75, 3.05) is 32.9 Å². The number of carbonyl (C=O) groups excluding carboxylic acids is 4. The molecule has 4 fully saturated rings. The van der Waals surface area contributed by atoms with Crippen LogP contribution in [0.3, 0.4) is 0 Å². The minimum absolute atomic E-state index is 0.0165. The number of hydrogen-bond acceptors (Lipinski definition) is 8. The predicted octanol–water partition coefficient (Wildman–Crippen LogP) is 2.05. The summed E-state index contributed by atoms with van der Waals surface area (Å²) in [5.41, 5.74) is 0. The lowest BCUT2D eigenvalue weighted by atomic mass is 9.75. The van der Waals surface area contributed by atoms with Crippen molar-refractivity contribution in [2.45, 2.75) is 59.8 Å². The van der Waals surface area contributed by atoms with E-state index in [1.165, 1.54) is 0 Å². The Morgan fingerprint density at radius 1 is 0.744 bits per heavy atom. The van der Waals surface area contributed by atoms with Crippen LogP contribution in [0.1, 0.15) is 59.8 Å². The summed E-state index contributed by atoms with van der Waals surface area (Å²) in [5.74, 6) is 3.96. The van der Waals surface area contributed by atoms with E-state index in [2.05, 4.69) is 38.3 Å². The quantitative estimate of drug-likeness (QED) is 0.277. The van der Waals surface area contributed by atoms with Crippen LogP contribution in [0.2, 0.25) is 0 Å². The Balaban J connectivity index is 0.000000216. The molecule has 0 saturated heterocycles. The summed E-state index contributed by atoms with van der Waals surface area (Å²) in [6, 6.07) is 1.90. The second-order valence-corrected chi connectivity index (χ2v) is 11.9. The van der Waals surface area contributed by atoms with Crippen molar-refractivity contribution in [1.82, 2.24) is 10.6 Å². The smallest absolute Gasteiger partial charge is 0.325 e. The summed E-state index contributed by atoms with van der Waals surface area (Å²) in [4.78, 5) is 46.9. The molecule has 0 heterocycles. The second-order valence-electron chi connectivity index (χ2n) is 11.9. The first kappa shape index (κ1) is 30.9. The fraction of sp³-hybridized carbons (Fsp3) is 0.828. The minimum atomic E-state index is -0.494. The number of aliphatic hydroxyl groups is 1. The van der Waals surface area contributed by atoms with Crippen LogP contribution < -0.4 is 10.6 Å². The van der Waals surface area contributed by atoms with E-state index in [-0.39, 0.29) is 63.0 Å². The molecule has 10 unspecified atom stereocenters. The molecule has 0 aliphatic heterocycles. The molecule has 4 aliphatic rings. The molecule has 4 bridgehead atoms. The van der Waals surface area contributed by atoms with Gasteiger partial charge < -0.3 is 25.2 Å². The first-order valence-electron chi connectivity index (χ1n) is 14.4. The molecule has 4 rings (SSSR count). The number of nitrogens with one attached hydrogen (secondary N) is 2. The first-order valence-corrected chi connectivity index (χ1v) is 14.4. The molecule has 4 aliphatic carbocycles. The van der Waals surface area contributed by atoms with Crippen molar-refractivity contribution in [2.24, 2.45) is 59.2 Å². The highest BCUT2D eigenvalue weighted by atomic mass is 16.5. The fourth-order valence-electron chi connectivity index (χ4n) is 7.54. The van der Waals surface area contributed by atoms with Crippen LogP contribution >= 0.6 is 0 Å². The summed E-state index contributed by atoms with van der Waals surface area (Å²) < 4.78 is 9.52. The number of hydrogen-bond donors (Lipinski definition) is 3. The van der Waals surface area contributed by atoms with E-state index in [4.69, 9.17) is 19.8 Å². The van der Waals surface area contributed by atoms with Gasteiger partial charge in [0.15, 0.2) is 0 Å². The lowest BCUT2D eigenvalue weighted by Crippen LogP contribution is -2.40. The van der Waals surface area contributed by atoms with Crippen LogP contribution in [0.25, 0.3) is 0 Å². The highest BCUT2D eigenvalue weighted by Crippen LogP contribution is 2.55. The van der Waals surface area contributed by atoms with E-state index < -0.39 is 11.9 Å². The number of carbonyl (C=O) groups is 4. The van der Waals surface area contributed by atoms with E-state index in [1.807, 2.05) is 6.07 Å². The van der Waals surface area contributed by atoms with Crippen LogP contribution in [0.5, 0.6) is 0 Å². The number of nitriles is 1. The molecule has 0 spiro atoms. The minimum Gasteiger partial charge on any atom is -0.463 e. The van der Waals surface area contributed by atoms with Gasteiger partial charge in [-0.2, -0.15) is 5.26 Å². The molecule has 10 nitrogen and oxygen atoms in total. The number of amides is 2. The molecule has 218 valence electrons. The number of ether oxygens (including phenoxy) is 2. The van der Waals surface area contributed by atoms with Gasteiger partial charge in [0.05, 0.1) is 19.1 Å². The Morgan fingerprint density at radius 3 is 1.54 bits per heavy atom. The number of rotatable bonds is 10. The third-order valence-corrected chi connectivity index (χ3v) is 10.1. The van der Waals surface area contributed by atoms with Gasteiger partial charge in [0, 0.05) is 11.8 Å². The van der Waals surface area contributed by atoms with Crippen molar-refractivity contribution in [3.8, 4) is 6.07 Å². The second kappa shape index (κ2) is 14.1. The molecule has 4 saturated carbocycles. The van der Waals surface area contributed by atoms with Crippen LogP contribution in [-0.2, 0) is 28.7 Å². The van der Waals surface area contributed by atoms with Crippen LogP contribution in [0.15, 0.2) is 0 Å². The van der Waals surface area contributed by atoms with Gasteiger partial charge in [-0.15, -0.1) is 0 Å². The zero-order valence-corrected chi connectivity index (χ0v) is 23.7. The summed E-state index contributed by atoms with van der Waals surface area (Å²) in [6.45, 7) is 8.69. The molecular formula is C29H45N3O7. The summed E-state index contributed by atoms with van der Waals surface area (Å²) >= 11 is 0. The average Bonchev–Trinajstić information content (AvgIpc) is 3.68. The largest absolute Gasteiger partial charge is 0.463 e. The topological polar surface area (TPSA) is 155 Å². The fourth-order valence-corrected chi connectivity index (χ4v) is 7.54. The van der Waals surface area contributed by atoms with Crippen molar-refractivity contribution in [3.05, 3.63) is 0 Å². The van der Waals surface area contributed by atoms with E-state index in [0.29, 0.717) is 47.3 Å². The summed E-state index contributed by atoms with van der Waals surface area (Å²) in [6.07, 6.45) is 4.38. The third-order valence-electron chi connectivity index (χ3n) is 10.1. The number of esters is 2. The normalized spacial score (nSPS) is 35.4. The van der Waals surface area contributed by atoms with Gasteiger partial charge in [-0.25, -0.2) is 0 Å². The lowest BCUT2D eigenvalue weighted by Gasteiger charge is -2.30. The van der Waals surface area contributed by atoms with Gasteiger partial charge in [-0.3, -0.25) is 19.2 Å². The van der Waals surface area contributed by atoms with Gasteiger partial charge in [0.2, 0.25) is 11.8 Å². The SMILES string of the molecule is CC1C2CC(C(=O)NCC(=O)OCCC#N)C(C2)C1C.CC1C2CC(C(=O)NCC(=O)OCCO)C(C2)C1C. The Hall–Kier alpha value is -2.67. The maximum absolute atomic E-state index is 12.2. The monoisotopic (exact) mass is 547 g/mol. The van der Waals surface area contributed by atoms with Gasteiger partial charge in [-0.05, 0) is 73.0 Å². The molecule has 0 radical (unpaired) electrons. The predicted molar refractivity (Wildman–Crippen MR) is 141 cm³/mol. The van der Waals surface area contributed by atoms with Crippen molar-refractivity contribution < 1.29 is 33.8 Å². The number of aliphatic hydroxyl groups excluding tert-OH is 1. The Labute approximate surface area is 231 Å². The van der Waals surface area contributed by atoms with Gasteiger partial charge in [-0.1, -0.05) is 27.7 Å². The lowest BCUT2D eigenvalue weighted by molar-refractivity contribution is -0.145. The molecule has 10 heteroatoms. The molecule has 0 aromatic rings. The van der Waals surface area contributed by atoms with E-state index in [9.17, 15) is 19.2 Å². The Kier molecular flexibility index (Phi) is 11.2. The average molecular weight is 548 g/mol. The maximum atomic E-state index is 12.2. The van der Waals surface area contributed by atoms with E-state index in [0.717, 1.165) is 25.7 Å². The van der Waals surface area contributed by atoms with Crippen LogP contribution in [0, 0.1) is 70.5 Å². The number of nitrogens with zero attached hydrogens (tertiary/aromatic N) is 1. The van der Waals surface area contributed by atoms with Gasteiger partial charge >= 0.3 is 11.9 Å². The molecule has 0 aromatic carbocycles. The number of fused-ring (bicyclic) bond motifs is 4. The molecule has 39 heavy (non-hydrogen) atoms. The summed E-state index contributed by atoms with van der Waals surface area (Å²) in [5, 5.41) is 22.2. The molecule has 3 N–H and O–H groups in total. The first-order chi connectivity index (χ1) is 18.6. The highest BCUT2D eigenvalue weighted by molar-refractivity contribution is 5.84. The maximum Gasteiger partial charge on any atom is 0.325 e. The molecule has 0 aromatic heterocycles. The highest BCUT2D eigenvalue weighted by Gasteiger charge is 2.52. The van der Waals surface area contributed by atoms with E-state index >= 15 is 0 Å². The molecule has 2 amide bonds. The molecular weight excluding hydrogens is 502 g/mol. The van der Waals surface area contributed by atoms with Crippen molar-refractivity contribution in [3.63, 3.8) is 0 Å². The third kappa shape index (κ3) is 7.50. The van der Waals surface area contributed by atoms with Gasteiger partial charge in [0.1, 0.15) is 26.3 Å². The zero-order chi connectivity index (χ0) is 28.7. The van der Waals surface area contributed by atoms with Gasteiger partial charge in [0.25, 0.3) is 0 Å². The van der Waals surface area contributed by atoms with E-state index in [1.54, 1.807) is 0 Å². The summed E-state index contributed by atoms with van der Waals surface area (Å²) in [7, 11) is 0. The standard InChI is InChI=1S/C15H22N2O3.C14H23NO4/c1-9-10(2)12-6-11(9)7-13(12)15(19)17-8-14(18)20-5-3-4-16;1-8-9(2)11-5-10(8)6-12(11)14(18)15-7-13(17)19-4-3-16/h9-13H,3,5-8H2,1-2H3,(H,17,19);8-12,16H,3-7H2,1-2H3,(H,15,18). The Bertz CT molecular complexity index is 930. The van der Waals surface area contributed by atoms with Crippen molar-refractivity contribution in [1.29, 1.82) is 5.26 Å². The van der Waals surface area contributed by atoms with Crippen LogP contribution in [-0.4, -0.2) is 61.8 Å².